The van der Waals surface area contributed by atoms with Crippen molar-refractivity contribution in [3.63, 3.8) is 0 Å². The molecule has 0 bridgehead atoms. The molecule has 1 aliphatic rings. The predicted octanol–water partition coefficient (Wildman–Crippen LogP) is 0.288. The normalized spacial score (nSPS) is 21.5. The van der Waals surface area contributed by atoms with Gasteiger partial charge in [0.25, 0.3) is 0 Å². The third kappa shape index (κ3) is 5.00. The van der Waals surface area contributed by atoms with E-state index in [1.165, 1.54) is 0 Å². The minimum atomic E-state index is -0.437. The van der Waals surface area contributed by atoms with Crippen LogP contribution in [0.2, 0.25) is 0 Å². The minimum absolute atomic E-state index is 0.118. The van der Waals surface area contributed by atoms with Gasteiger partial charge in [-0.2, -0.15) is 0 Å². The molecule has 6 heteroatoms. The number of hydrogen-bond donors (Lipinski definition) is 3. The highest BCUT2D eigenvalue weighted by Crippen LogP contribution is 2.17. The molecule has 1 fully saturated rings. The van der Waals surface area contributed by atoms with E-state index in [4.69, 9.17) is 4.74 Å². The molecule has 6 nitrogen and oxygen atoms in total. The van der Waals surface area contributed by atoms with Crippen molar-refractivity contribution < 1.29 is 14.6 Å². The lowest BCUT2D eigenvalue weighted by Gasteiger charge is -2.13. The summed E-state index contributed by atoms with van der Waals surface area (Å²) < 4.78 is 5.59. The largest absolute Gasteiger partial charge is 0.492 e. The molecule has 1 saturated heterocycles. The van der Waals surface area contributed by atoms with Crippen molar-refractivity contribution in [1.82, 2.24) is 10.2 Å². The molecule has 2 atom stereocenters. The highest BCUT2D eigenvalue weighted by Gasteiger charge is 2.27. The van der Waals surface area contributed by atoms with Crippen molar-refractivity contribution in [1.29, 1.82) is 0 Å². The first-order valence-electron chi connectivity index (χ1n) is 7.14. The fourth-order valence-corrected chi connectivity index (χ4v) is 2.13. The Balaban J connectivity index is 1.80. The molecule has 2 rings (SSSR count). The van der Waals surface area contributed by atoms with E-state index in [2.05, 4.69) is 15.5 Å². The van der Waals surface area contributed by atoms with Gasteiger partial charge < -0.3 is 25.4 Å². The first-order chi connectivity index (χ1) is 10.0. The fraction of sp³-hybridized carbons (Fsp3) is 0.533. The van der Waals surface area contributed by atoms with Crippen molar-refractivity contribution in [3.8, 4) is 5.75 Å². The zero-order valence-electron chi connectivity index (χ0n) is 12.5. The molecule has 1 aliphatic heterocycles. The molecular weight excluding hydrogens is 270 g/mol. The summed E-state index contributed by atoms with van der Waals surface area (Å²) in [5, 5.41) is 15.2. The Morgan fingerprint density at radius 1 is 1.43 bits per heavy atom. The third-order valence-electron chi connectivity index (χ3n) is 3.35. The molecule has 0 aromatic heterocycles. The van der Waals surface area contributed by atoms with E-state index in [-0.39, 0.29) is 11.9 Å². The Hall–Kier alpha value is -1.63. The SMILES string of the molecule is CN(C)CCOc1ccc(NC(=O)C2CC(O)CN2)cc1. The molecule has 2 unspecified atom stereocenters. The van der Waals surface area contributed by atoms with Gasteiger partial charge in [-0.15, -0.1) is 0 Å². The van der Waals surface area contributed by atoms with Crippen LogP contribution in [0.15, 0.2) is 24.3 Å². The van der Waals surface area contributed by atoms with Gasteiger partial charge in [-0.25, -0.2) is 0 Å². The molecule has 0 saturated carbocycles. The summed E-state index contributed by atoms with van der Waals surface area (Å²) in [5.41, 5.74) is 0.725. The summed E-state index contributed by atoms with van der Waals surface area (Å²) in [6.07, 6.45) is 0.0191. The van der Waals surface area contributed by atoms with Crippen LogP contribution in [0.3, 0.4) is 0 Å². The third-order valence-corrected chi connectivity index (χ3v) is 3.35. The molecule has 1 heterocycles. The van der Waals surface area contributed by atoms with Gasteiger partial charge in [-0.1, -0.05) is 0 Å². The van der Waals surface area contributed by atoms with Crippen LogP contribution in [0.25, 0.3) is 0 Å². The lowest BCUT2D eigenvalue weighted by atomic mass is 10.2. The first kappa shape index (κ1) is 15.8. The summed E-state index contributed by atoms with van der Waals surface area (Å²) in [5.74, 6) is 0.664. The second-order valence-electron chi connectivity index (χ2n) is 5.52. The van der Waals surface area contributed by atoms with E-state index in [9.17, 15) is 9.90 Å². The second kappa shape index (κ2) is 7.40. The van der Waals surface area contributed by atoms with Crippen molar-refractivity contribution in [3.05, 3.63) is 24.3 Å². The van der Waals surface area contributed by atoms with Crippen LogP contribution in [0.5, 0.6) is 5.75 Å². The van der Waals surface area contributed by atoms with Gasteiger partial charge in [0.1, 0.15) is 12.4 Å². The highest BCUT2D eigenvalue weighted by atomic mass is 16.5. The van der Waals surface area contributed by atoms with E-state index >= 15 is 0 Å². The number of carbonyl (C=O) groups excluding carboxylic acids is 1. The Morgan fingerprint density at radius 2 is 2.14 bits per heavy atom. The van der Waals surface area contributed by atoms with E-state index in [1.54, 1.807) is 0 Å². The van der Waals surface area contributed by atoms with Crippen molar-refractivity contribution in [2.24, 2.45) is 0 Å². The van der Waals surface area contributed by atoms with Gasteiger partial charge in [0, 0.05) is 18.8 Å². The average Bonchev–Trinajstić information content (AvgIpc) is 2.87. The van der Waals surface area contributed by atoms with Gasteiger partial charge in [-0.3, -0.25) is 4.79 Å². The van der Waals surface area contributed by atoms with Crippen molar-refractivity contribution >= 4 is 11.6 Å². The number of hydrogen-bond acceptors (Lipinski definition) is 5. The molecule has 3 N–H and O–H groups in total. The monoisotopic (exact) mass is 293 g/mol. The highest BCUT2D eigenvalue weighted by molar-refractivity contribution is 5.95. The number of benzene rings is 1. The van der Waals surface area contributed by atoms with Crippen LogP contribution in [0.4, 0.5) is 5.69 Å². The minimum Gasteiger partial charge on any atom is -0.492 e. The van der Waals surface area contributed by atoms with E-state index in [1.807, 2.05) is 38.4 Å². The van der Waals surface area contributed by atoms with Crippen LogP contribution < -0.4 is 15.4 Å². The van der Waals surface area contributed by atoms with Crippen molar-refractivity contribution in [2.75, 3.05) is 39.1 Å². The summed E-state index contributed by atoms with van der Waals surface area (Å²) in [6.45, 7) is 1.95. The van der Waals surface area contributed by atoms with E-state index in [0.717, 1.165) is 18.0 Å². The lowest BCUT2D eigenvalue weighted by Crippen LogP contribution is -2.35. The Labute approximate surface area is 125 Å². The molecular formula is C15H23N3O3. The number of rotatable bonds is 6. The summed E-state index contributed by atoms with van der Waals surface area (Å²) in [6, 6.07) is 6.98. The molecule has 0 spiro atoms. The smallest absolute Gasteiger partial charge is 0.241 e. The number of likely N-dealkylation sites (N-methyl/N-ethyl adjacent to an activating group) is 1. The number of ether oxygens (including phenoxy) is 1. The van der Waals surface area contributed by atoms with Gasteiger partial charge in [-0.05, 0) is 44.8 Å². The van der Waals surface area contributed by atoms with Gasteiger partial charge >= 0.3 is 0 Å². The van der Waals surface area contributed by atoms with Crippen molar-refractivity contribution in [2.45, 2.75) is 18.6 Å². The number of aliphatic hydroxyl groups is 1. The van der Waals surface area contributed by atoms with Crippen LogP contribution in [0, 0.1) is 0 Å². The number of amides is 1. The Morgan fingerprint density at radius 3 is 2.71 bits per heavy atom. The van der Waals surface area contributed by atoms with Crippen LogP contribution in [0.1, 0.15) is 6.42 Å². The standard InChI is InChI=1S/C15H23N3O3/c1-18(2)7-8-21-13-5-3-11(4-6-13)17-15(20)14-9-12(19)10-16-14/h3-6,12,14,16,19H,7-10H2,1-2H3,(H,17,20). The van der Waals surface area contributed by atoms with Gasteiger partial charge in [0.15, 0.2) is 0 Å². The zero-order chi connectivity index (χ0) is 15.2. The van der Waals surface area contributed by atoms with Crippen LogP contribution in [-0.4, -0.2) is 61.9 Å². The molecule has 0 radical (unpaired) electrons. The number of aliphatic hydroxyl groups excluding tert-OH is 1. The molecule has 0 aliphatic carbocycles. The van der Waals surface area contributed by atoms with Crippen LogP contribution in [-0.2, 0) is 4.79 Å². The van der Waals surface area contributed by atoms with Crippen LogP contribution >= 0.6 is 0 Å². The molecule has 116 valence electrons. The molecule has 21 heavy (non-hydrogen) atoms. The maximum atomic E-state index is 12.0. The number of β-amino-alcohol motifs (C(OH)–C–C–N with tert-alkyl or cyclic N) is 1. The average molecular weight is 293 g/mol. The Bertz CT molecular complexity index is 462. The van der Waals surface area contributed by atoms with Gasteiger partial charge in [0.05, 0.1) is 12.1 Å². The van der Waals surface area contributed by atoms with Gasteiger partial charge in [0.2, 0.25) is 5.91 Å². The predicted molar refractivity (Wildman–Crippen MR) is 81.5 cm³/mol. The topological polar surface area (TPSA) is 73.8 Å². The lowest BCUT2D eigenvalue weighted by molar-refractivity contribution is -0.117. The maximum Gasteiger partial charge on any atom is 0.241 e. The summed E-state index contributed by atoms with van der Waals surface area (Å²) in [4.78, 5) is 14.0. The second-order valence-corrected chi connectivity index (χ2v) is 5.52. The first-order valence-corrected chi connectivity index (χ1v) is 7.14. The fourth-order valence-electron chi connectivity index (χ4n) is 2.13. The Kier molecular flexibility index (Phi) is 5.55. The van der Waals surface area contributed by atoms with E-state index < -0.39 is 6.10 Å². The number of anilines is 1. The number of nitrogens with zero attached hydrogens (tertiary/aromatic N) is 1. The summed E-state index contributed by atoms with van der Waals surface area (Å²) >= 11 is 0. The molecule has 1 amide bonds. The quantitative estimate of drug-likeness (QED) is 0.703. The summed E-state index contributed by atoms with van der Waals surface area (Å²) in [7, 11) is 3.99. The number of nitrogens with one attached hydrogen (secondary N) is 2. The number of carbonyl (C=O) groups is 1. The van der Waals surface area contributed by atoms with E-state index in [0.29, 0.717) is 19.6 Å². The zero-order valence-corrected chi connectivity index (χ0v) is 12.5. The molecule has 1 aromatic rings. The maximum absolute atomic E-state index is 12.0. The molecule has 1 aromatic carbocycles.